The van der Waals surface area contributed by atoms with Crippen molar-refractivity contribution >= 4 is 23.1 Å². The number of benzene rings is 1. The molecule has 0 aliphatic heterocycles. The highest BCUT2D eigenvalue weighted by Gasteiger charge is 2.07. The molecule has 0 atom stereocenters. The first kappa shape index (κ1) is 12.9. The monoisotopic (exact) mass is 281 g/mol. The Morgan fingerprint density at radius 3 is 2.85 bits per heavy atom. The molecule has 0 saturated heterocycles. The SMILES string of the molecule is CCc1c(-c2ccc3nc(C)ccc3c2)[nH]cnc1=S. The van der Waals surface area contributed by atoms with Gasteiger partial charge >= 0.3 is 0 Å². The van der Waals surface area contributed by atoms with Gasteiger partial charge in [-0.2, -0.15) is 0 Å². The molecular weight excluding hydrogens is 266 g/mol. The van der Waals surface area contributed by atoms with Crippen LogP contribution in [0.25, 0.3) is 22.2 Å². The first-order valence-corrected chi connectivity index (χ1v) is 7.04. The van der Waals surface area contributed by atoms with Gasteiger partial charge in [0.1, 0.15) is 4.64 Å². The first-order valence-electron chi connectivity index (χ1n) is 6.63. The van der Waals surface area contributed by atoms with Gasteiger partial charge in [0.15, 0.2) is 0 Å². The Morgan fingerprint density at radius 2 is 2.05 bits per heavy atom. The number of H-pyrrole nitrogens is 1. The number of pyridine rings is 1. The Bertz CT molecular complexity index is 836. The summed E-state index contributed by atoms with van der Waals surface area (Å²) in [7, 11) is 0. The molecule has 4 heteroatoms. The van der Waals surface area contributed by atoms with Crippen molar-refractivity contribution in [1.29, 1.82) is 0 Å². The Kier molecular flexibility index (Phi) is 3.32. The molecule has 0 aliphatic carbocycles. The van der Waals surface area contributed by atoms with Gasteiger partial charge in [0.2, 0.25) is 0 Å². The summed E-state index contributed by atoms with van der Waals surface area (Å²) >= 11 is 5.31. The average Bonchev–Trinajstić information content (AvgIpc) is 2.46. The van der Waals surface area contributed by atoms with Crippen LogP contribution in [0.3, 0.4) is 0 Å². The van der Waals surface area contributed by atoms with Crippen molar-refractivity contribution in [3.05, 3.63) is 52.6 Å². The van der Waals surface area contributed by atoms with Gasteiger partial charge in [-0.1, -0.05) is 31.3 Å². The van der Waals surface area contributed by atoms with Gasteiger partial charge < -0.3 is 4.98 Å². The van der Waals surface area contributed by atoms with E-state index in [1.807, 2.05) is 13.0 Å². The predicted molar refractivity (Wildman–Crippen MR) is 84.3 cm³/mol. The maximum Gasteiger partial charge on any atom is 0.133 e. The highest BCUT2D eigenvalue weighted by molar-refractivity contribution is 7.71. The lowest BCUT2D eigenvalue weighted by atomic mass is 10.0. The van der Waals surface area contributed by atoms with Gasteiger partial charge in [0, 0.05) is 16.6 Å². The predicted octanol–water partition coefficient (Wildman–Crippen LogP) is 4.23. The molecular formula is C16H15N3S. The molecule has 0 saturated carbocycles. The number of aryl methyl sites for hydroxylation is 1. The summed E-state index contributed by atoms with van der Waals surface area (Å²) in [5.41, 5.74) is 5.30. The normalized spacial score (nSPS) is 10.9. The number of nitrogens with zero attached hydrogens (tertiary/aromatic N) is 2. The fourth-order valence-electron chi connectivity index (χ4n) is 2.40. The summed E-state index contributed by atoms with van der Waals surface area (Å²) < 4.78 is 0.670. The van der Waals surface area contributed by atoms with Crippen molar-refractivity contribution in [2.45, 2.75) is 20.3 Å². The molecule has 3 aromatic rings. The highest BCUT2D eigenvalue weighted by atomic mass is 32.1. The van der Waals surface area contributed by atoms with E-state index in [1.54, 1.807) is 6.33 Å². The third-order valence-electron chi connectivity index (χ3n) is 3.42. The number of fused-ring (bicyclic) bond motifs is 1. The third-order valence-corrected chi connectivity index (χ3v) is 3.77. The van der Waals surface area contributed by atoms with E-state index in [-0.39, 0.29) is 0 Å². The minimum atomic E-state index is 0.670. The van der Waals surface area contributed by atoms with Gasteiger partial charge in [-0.3, -0.25) is 4.98 Å². The van der Waals surface area contributed by atoms with E-state index in [1.165, 1.54) is 0 Å². The van der Waals surface area contributed by atoms with Crippen LogP contribution in [0.1, 0.15) is 18.2 Å². The molecule has 0 amide bonds. The summed E-state index contributed by atoms with van der Waals surface area (Å²) in [4.78, 5) is 11.9. The van der Waals surface area contributed by atoms with E-state index in [0.29, 0.717) is 4.64 Å². The highest BCUT2D eigenvalue weighted by Crippen LogP contribution is 2.25. The number of aromatic amines is 1. The van der Waals surface area contributed by atoms with Crippen molar-refractivity contribution in [2.24, 2.45) is 0 Å². The third kappa shape index (κ3) is 2.23. The lowest BCUT2D eigenvalue weighted by molar-refractivity contribution is 1.04. The largest absolute Gasteiger partial charge is 0.346 e. The summed E-state index contributed by atoms with van der Waals surface area (Å²) in [5, 5.41) is 1.13. The summed E-state index contributed by atoms with van der Waals surface area (Å²) in [5.74, 6) is 0. The van der Waals surface area contributed by atoms with Crippen LogP contribution in [0.5, 0.6) is 0 Å². The Labute approximate surface area is 122 Å². The van der Waals surface area contributed by atoms with Crippen LogP contribution in [0.2, 0.25) is 0 Å². The molecule has 0 radical (unpaired) electrons. The zero-order chi connectivity index (χ0) is 14.1. The first-order chi connectivity index (χ1) is 9.69. The average molecular weight is 281 g/mol. The number of hydrogen-bond donors (Lipinski definition) is 1. The van der Waals surface area contributed by atoms with Crippen molar-refractivity contribution in [3.63, 3.8) is 0 Å². The molecule has 20 heavy (non-hydrogen) atoms. The molecule has 0 fully saturated rings. The zero-order valence-corrected chi connectivity index (χ0v) is 12.3. The lowest BCUT2D eigenvalue weighted by Gasteiger charge is -2.09. The quantitative estimate of drug-likeness (QED) is 0.715. The molecule has 100 valence electrons. The number of rotatable bonds is 2. The second-order valence-corrected chi connectivity index (χ2v) is 5.16. The van der Waals surface area contributed by atoms with E-state index in [2.05, 4.69) is 46.1 Å². The van der Waals surface area contributed by atoms with Gasteiger partial charge in [0.25, 0.3) is 0 Å². The van der Waals surface area contributed by atoms with Gasteiger partial charge in [-0.15, -0.1) is 0 Å². The molecule has 2 heterocycles. The van der Waals surface area contributed by atoms with Crippen LogP contribution in [-0.4, -0.2) is 15.0 Å². The Balaban J connectivity index is 2.23. The Morgan fingerprint density at radius 1 is 1.20 bits per heavy atom. The minimum absolute atomic E-state index is 0.670. The molecule has 0 spiro atoms. The molecule has 1 N–H and O–H groups in total. The van der Waals surface area contributed by atoms with Crippen molar-refractivity contribution in [1.82, 2.24) is 15.0 Å². The lowest BCUT2D eigenvalue weighted by Crippen LogP contribution is -1.95. The molecule has 3 rings (SSSR count). The molecule has 3 nitrogen and oxygen atoms in total. The fourth-order valence-corrected chi connectivity index (χ4v) is 2.70. The number of nitrogens with one attached hydrogen (secondary N) is 1. The number of aromatic nitrogens is 3. The standard InChI is InChI=1S/C16H15N3S/c1-3-13-15(17-9-18-16(13)20)12-6-7-14-11(8-12)5-4-10(2)19-14/h4-9H,3H2,1-2H3,(H,17,18,20). The smallest absolute Gasteiger partial charge is 0.133 e. The van der Waals surface area contributed by atoms with Crippen LogP contribution < -0.4 is 0 Å². The van der Waals surface area contributed by atoms with E-state index >= 15 is 0 Å². The second-order valence-electron chi connectivity index (χ2n) is 4.77. The van der Waals surface area contributed by atoms with Crippen molar-refractivity contribution in [2.75, 3.05) is 0 Å². The van der Waals surface area contributed by atoms with Crippen molar-refractivity contribution < 1.29 is 0 Å². The molecule has 0 bridgehead atoms. The summed E-state index contributed by atoms with van der Waals surface area (Å²) in [6, 6.07) is 10.4. The van der Waals surface area contributed by atoms with Gasteiger partial charge in [-0.25, -0.2) is 4.98 Å². The van der Waals surface area contributed by atoms with Crippen LogP contribution >= 0.6 is 12.2 Å². The number of hydrogen-bond acceptors (Lipinski definition) is 3. The van der Waals surface area contributed by atoms with E-state index < -0.39 is 0 Å². The maximum atomic E-state index is 5.31. The molecule has 1 aromatic carbocycles. The van der Waals surface area contributed by atoms with Crippen LogP contribution in [0.4, 0.5) is 0 Å². The van der Waals surface area contributed by atoms with E-state index in [0.717, 1.165) is 39.8 Å². The molecule has 0 unspecified atom stereocenters. The Hall–Kier alpha value is -2.07. The van der Waals surface area contributed by atoms with E-state index in [4.69, 9.17) is 12.2 Å². The maximum absolute atomic E-state index is 5.31. The minimum Gasteiger partial charge on any atom is -0.346 e. The molecule has 2 aromatic heterocycles. The van der Waals surface area contributed by atoms with E-state index in [9.17, 15) is 0 Å². The summed E-state index contributed by atoms with van der Waals surface area (Å²) in [6.07, 6.45) is 2.52. The molecule has 0 aliphatic rings. The topological polar surface area (TPSA) is 41.6 Å². The van der Waals surface area contributed by atoms with Crippen LogP contribution in [-0.2, 0) is 6.42 Å². The van der Waals surface area contributed by atoms with Gasteiger partial charge in [0.05, 0.1) is 17.5 Å². The van der Waals surface area contributed by atoms with Gasteiger partial charge in [-0.05, 0) is 37.1 Å². The second kappa shape index (κ2) is 5.13. The zero-order valence-electron chi connectivity index (χ0n) is 11.5. The summed E-state index contributed by atoms with van der Waals surface area (Å²) in [6.45, 7) is 4.10. The van der Waals surface area contributed by atoms with Crippen LogP contribution in [0, 0.1) is 11.6 Å². The fraction of sp³-hybridized carbons (Fsp3) is 0.188. The van der Waals surface area contributed by atoms with Crippen molar-refractivity contribution in [3.8, 4) is 11.3 Å². The van der Waals surface area contributed by atoms with Crippen LogP contribution in [0.15, 0.2) is 36.7 Å².